The van der Waals surface area contributed by atoms with E-state index >= 15 is 0 Å². The maximum Gasteiger partial charge on any atom is 0.411 e. The van der Waals surface area contributed by atoms with Crippen LogP contribution in [0.3, 0.4) is 0 Å². The molecule has 1 heterocycles. The van der Waals surface area contributed by atoms with E-state index in [1.54, 1.807) is 20.8 Å². The van der Waals surface area contributed by atoms with E-state index in [4.69, 9.17) is 14.2 Å². The number of rotatable bonds is 11. The van der Waals surface area contributed by atoms with Gasteiger partial charge in [0.25, 0.3) is 0 Å². The molecule has 0 aromatic heterocycles. The van der Waals surface area contributed by atoms with Gasteiger partial charge < -0.3 is 24.2 Å². The number of carboxylic acid groups (broad SMARTS) is 1. The molecular weight excluding hydrogens is 524 g/mol. The number of esters is 1. The van der Waals surface area contributed by atoms with Crippen LogP contribution in [-0.4, -0.2) is 72.5 Å². The van der Waals surface area contributed by atoms with Crippen molar-refractivity contribution in [1.29, 1.82) is 0 Å². The summed E-state index contributed by atoms with van der Waals surface area (Å²) in [7, 11) is 1.39. The summed E-state index contributed by atoms with van der Waals surface area (Å²) in [5.74, 6) is -3.35. The summed E-state index contributed by atoms with van der Waals surface area (Å²) in [5, 5.41) is 10.8. The van der Waals surface area contributed by atoms with Crippen LogP contribution < -0.4 is 4.90 Å². The molecule has 1 aliphatic heterocycles. The number of carbonyl (C=O) groups is 3. The molecule has 0 aliphatic carbocycles. The van der Waals surface area contributed by atoms with Gasteiger partial charge in [-0.2, -0.15) is 0 Å². The highest BCUT2D eigenvalue weighted by atomic mass is 16.6. The van der Waals surface area contributed by atoms with Crippen LogP contribution in [0, 0.1) is 11.8 Å². The third-order valence-electron chi connectivity index (χ3n) is 7.19. The van der Waals surface area contributed by atoms with Crippen molar-refractivity contribution >= 4 is 23.7 Å². The topological polar surface area (TPSA) is 106 Å². The van der Waals surface area contributed by atoms with E-state index < -0.39 is 35.1 Å². The number of hydrogen-bond acceptors (Lipinski definition) is 7. The predicted octanol–water partition coefficient (Wildman–Crippen LogP) is 5.16. The second-order valence-corrected chi connectivity index (χ2v) is 12.0. The number of nitrogens with zero attached hydrogens (tertiary/aromatic N) is 2. The van der Waals surface area contributed by atoms with Crippen LogP contribution in [-0.2, 0) is 36.8 Å². The number of aliphatic carboxylic acids is 1. The number of anilines is 1. The third kappa shape index (κ3) is 8.45. The lowest BCUT2D eigenvalue weighted by Gasteiger charge is -2.44. The van der Waals surface area contributed by atoms with Gasteiger partial charge in [-0.3, -0.25) is 9.69 Å². The molecule has 2 aromatic carbocycles. The van der Waals surface area contributed by atoms with Crippen LogP contribution in [0.25, 0.3) is 0 Å². The second kappa shape index (κ2) is 13.9. The van der Waals surface area contributed by atoms with Gasteiger partial charge in [-0.25, -0.2) is 9.59 Å². The van der Waals surface area contributed by atoms with E-state index in [1.807, 2.05) is 68.4 Å². The normalized spacial score (nSPS) is 16.0. The number of carboxylic acids is 1. The molecule has 0 spiro atoms. The van der Waals surface area contributed by atoms with E-state index in [1.165, 1.54) is 7.05 Å². The molecule has 1 N–H and O–H groups in total. The van der Waals surface area contributed by atoms with Crippen molar-refractivity contribution in [2.75, 3.05) is 38.3 Å². The molecule has 1 amide bonds. The minimum absolute atomic E-state index is 0.0142. The van der Waals surface area contributed by atoms with Crippen molar-refractivity contribution < 1.29 is 33.7 Å². The summed E-state index contributed by atoms with van der Waals surface area (Å²) in [4.78, 5) is 43.8. The first-order valence-corrected chi connectivity index (χ1v) is 14.2. The SMILES string of the molecule is CC(C)C[C@](C(=O)O)(C(Cc1ccc(N2CCOCC2)cc1)C(=O)OCc1ccccc1)N(C)C(=O)OC(C)(C)C. The quantitative estimate of drug-likeness (QED) is 0.371. The van der Waals surface area contributed by atoms with Crippen LogP contribution in [0.4, 0.5) is 10.5 Å². The van der Waals surface area contributed by atoms with Crippen LogP contribution in [0.15, 0.2) is 54.6 Å². The molecule has 9 heteroatoms. The zero-order chi connectivity index (χ0) is 30.2. The van der Waals surface area contributed by atoms with Crippen LogP contribution in [0.5, 0.6) is 0 Å². The van der Waals surface area contributed by atoms with Crippen LogP contribution in [0.1, 0.15) is 52.2 Å². The number of ether oxygens (including phenoxy) is 3. The predicted molar refractivity (Wildman–Crippen MR) is 157 cm³/mol. The Morgan fingerprint density at radius 1 is 0.976 bits per heavy atom. The standard InChI is InChI=1S/C32H44N2O7/c1-23(2)21-32(29(36)37,33(6)30(38)41-31(3,4)5)27(28(35)40-22-25-10-8-7-9-11-25)20-24-12-14-26(15-13-24)34-16-18-39-19-17-34/h7-15,23,27H,16-22H2,1-6H3,(H,36,37)/t27?,32-/m1/s1. The van der Waals surface area contributed by atoms with Crippen molar-refractivity contribution in [3.05, 3.63) is 65.7 Å². The molecule has 3 rings (SSSR count). The van der Waals surface area contributed by atoms with Gasteiger partial charge in [0.05, 0.1) is 19.1 Å². The minimum Gasteiger partial charge on any atom is -0.479 e. The first-order chi connectivity index (χ1) is 19.3. The molecule has 9 nitrogen and oxygen atoms in total. The number of hydrogen-bond donors (Lipinski definition) is 1. The summed E-state index contributed by atoms with van der Waals surface area (Å²) in [6.07, 6.45) is -0.734. The van der Waals surface area contributed by atoms with Gasteiger partial charge in [0, 0.05) is 25.8 Å². The van der Waals surface area contributed by atoms with Crippen molar-refractivity contribution in [3.63, 3.8) is 0 Å². The van der Waals surface area contributed by atoms with E-state index in [9.17, 15) is 19.5 Å². The molecular formula is C32H44N2O7. The molecule has 1 unspecified atom stereocenters. The number of carbonyl (C=O) groups excluding carboxylic acids is 2. The lowest BCUT2D eigenvalue weighted by molar-refractivity contribution is -0.169. The highest BCUT2D eigenvalue weighted by Crippen LogP contribution is 2.37. The van der Waals surface area contributed by atoms with E-state index in [0.717, 1.165) is 34.8 Å². The van der Waals surface area contributed by atoms with E-state index in [0.29, 0.717) is 13.2 Å². The first kappa shape index (κ1) is 31.9. The smallest absolute Gasteiger partial charge is 0.411 e. The minimum atomic E-state index is -1.92. The van der Waals surface area contributed by atoms with E-state index in [2.05, 4.69) is 4.90 Å². The summed E-state index contributed by atoms with van der Waals surface area (Å²) < 4.78 is 16.8. The zero-order valence-electron chi connectivity index (χ0n) is 25.1. The summed E-state index contributed by atoms with van der Waals surface area (Å²) in [5.41, 5.74) is -0.215. The number of likely N-dealkylation sites (N-methyl/N-ethyl adjacent to an activating group) is 1. The maximum atomic E-state index is 13.9. The number of morpholine rings is 1. The molecule has 1 saturated heterocycles. The maximum absolute atomic E-state index is 13.9. The highest BCUT2D eigenvalue weighted by Gasteiger charge is 2.56. The van der Waals surface area contributed by atoms with Crippen molar-refractivity contribution in [2.24, 2.45) is 11.8 Å². The molecule has 0 radical (unpaired) electrons. The third-order valence-corrected chi connectivity index (χ3v) is 7.19. The van der Waals surface area contributed by atoms with Gasteiger partial charge in [-0.05, 0) is 62.8 Å². The summed E-state index contributed by atoms with van der Waals surface area (Å²) in [6, 6.07) is 16.9. The highest BCUT2D eigenvalue weighted by molar-refractivity contribution is 5.91. The molecule has 0 bridgehead atoms. The van der Waals surface area contributed by atoms with Gasteiger partial charge in [-0.1, -0.05) is 56.3 Å². The lowest BCUT2D eigenvalue weighted by atomic mass is 9.73. The largest absolute Gasteiger partial charge is 0.479 e. The lowest BCUT2D eigenvalue weighted by Crippen LogP contribution is -2.63. The van der Waals surface area contributed by atoms with Gasteiger partial charge in [0.1, 0.15) is 12.2 Å². The Kier molecular flexibility index (Phi) is 10.8. The van der Waals surface area contributed by atoms with Gasteiger partial charge >= 0.3 is 18.0 Å². The Morgan fingerprint density at radius 2 is 1.59 bits per heavy atom. The van der Waals surface area contributed by atoms with Crippen molar-refractivity contribution in [3.8, 4) is 0 Å². The zero-order valence-corrected chi connectivity index (χ0v) is 25.1. The first-order valence-electron chi connectivity index (χ1n) is 14.2. The summed E-state index contributed by atoms with van der Waals surface area (Å²) >= 11 is 0. The molecule has 1 fully saturated rings. The molecule has 41 heavy (non-hydrogen) atoms. The molecule has 0 saturated carbocycles. The monoisotopic (exact) mass is 568 g/mol. The fraction of sp³-hybridized carbons (Fsp3) is 0.531. The van der Waals surface area contributed by atoms with Crippen LogP contribution >= 0.6 is 0 Å². The Labute approximate surface area is 243 Å². The Hall–Kier alpha value is -3.59. The fourth-order valence-corrected chi connectivity index (χ4v) is 5.18. The number of benzene rings is 2. The Morgan fingerprint density at radius 3 is 2.12 bits per heavy atom. The average molecular weight is 569 g/mol. The summed E-state index contributed by atoms with van der Waals surface area (Å²) in [6.45, 7) is 11.7. The number of amides is 1. The second-order valence-electron chi connectivity index (χ2n) is 12.0. The Balaban J connectivity index is 2.02. The van der Waals surface area contributed by atoms with Crippen molar-refractivity contribution in [1.82, 2.24) is 4.90 Å². The van der Waals surface area contributed by atoms with E-state index in [-0.39, 0.29) is 25.4 Å². The van der Waals surface area contributed by atoms with Gasteiger partial charge in [0.15, 0.2) is 5.54 Å². The fourth-order valence-electron chi connectivity index (χ4n) is 5.18. The molecule has 224 valence electrons. The van der Waals surface area contributed by atoms with Gasteiger partial charge in [-0.15, -0.1) is 0 Å². The molecule has 1 aliphatic rings. The van der Waals surface area contributed by atoms with Crippen molar-refractivity contribution in [2.45, 2.75) is 65.2 Å². The molecule has 2 atom stereocenters. The average Bonchev–Trinajstić information content (AvgIpc) is 2.93. The Bertz CT molecular complexity index is 1150. The van der Waals surface area contributed by atoms with Gasteiger partial charge in [0.2, 0.25) is 0 Å². The molecule has 2 aromatic rings. The van der Waals surface area contributed by atoms with Crippen LogP contribution in [0.2, 0.25) is 0 Å².